The molecule has 0 radical (unpaired) electrons. The van der Waals surface area contributed by atoms with Gasteiger partial charge in [0.05, 0.1) is 29.0 Å². The lowest BCUT2D eigenvalue weighted by molar-refractivity contribution is 0.0697. The number of rotatable bonds is 3. The van der Waals surface area contributed by atoms with Gasteiger partial charge in [0.2, 0.25) is 0 Å². The quantitative estimate of drug-likeness (QED) is 0.795. The van der Waals surface area contributed by atoms with Crippen molar-refractivity contribution in [1.29, 1.82) is 0 Å². The van der Waals surface area contributed by atoms with Crippen LogP contribution in [0, 0.1) is 0 Å². The second-order valence-electron chi connectivity index (χ2n) is 4.89. The van der Waals surface area contributed by atoms with Crippen molar-refractivity contribution in [3.05, 3.63) is 64.9 Å². The molecule has 4 nitrogen and oxygen atoms in total. The Morgan fingerprint density at radius 2 is 2.10 bits per heavy atom. The fraction of sp³-hybridized carbons (Fsp3) is 0.125. The number of imidazole rings is 1. The molecule has 3 aromatic rings. The van der Waals surface area contributed by atoms with E-state index in [1.54, 1.807) is 24.5 Å². The lowest BCUT2D eigenvalue weighted by atomic mass is 10.1. The maximum atomic E-state index is 11.0. The van der Waals surface area contributed by atoms with Gasteiger partial charge in [0, 0.05) is 5.02 Å². The summed E-state index contributed by atoms with van der Waals surface area (Å²) in [6.07, 6.45) is 1.72. The normalized spacial score (nSPS) is 12.5. The molecule has 0 aliphatic heterocycles. The van der Waals surface area contributed by atoms with Crippen molar-refractivity contribution < 1.29 is 9.90 Å². The molecule has 1 unspecified atom stereocenters. The van der Waals surface area contributed by atoms with Gasteiger partial charge in [0.1, 0.15) is 0 Å². The molecular weight excluding hydrogens is 288 g/mol. The molecule has 0 amide bonds. The molecule has 0 aliphatic carbocycles. The molecule has 0 aliphatic rings. The van der Waals surface area contributed by atoms with E-state index in [4.69, 9.17) is 16.7 Å². The monoisotopic (exact) mass is 300 g/mol. The highest BCUT2D eigenvalue weighted by atomic mass is 35.5. The van der Waals surface area contributed by atoms with Crippen LogP contribution in [0.3, 0.4) is 0 Å². The first-order valence-electron chi connectivity index (χ1n) is 6.51. The van der Waals surface area contributed by atoms with Crippen LogP contribution in [0.25, 0.3) is 11.0 Å². The smallest absolute Gasteiger partial charge is 0.335 e. The Morgan fingerprint density at radius 1 is 1.29 bits per heavy atom. The van der Waals surface area contributed by atoms with Gasteiger partial charge in [0.15, 0.2) is 0 Å². The Bertz CT molecular complexity index is 826. The fourth-order valence-electron chi connectivity index (χ4n) is 2.40. The first kappa shape index (κ1) is 13.6. The first-order chi connectivity index (χ1) is 10.1. The number of benzene rings is 2. The summed E-state index contributed by atoms with van der Waals surface area (Å²) in [5.74, 6) is -0.950. The van der Waals surface area contributed by atoms with Gasteiger partial charge >= 0.3 is 5.97 Å². The third-order valence-corrected chi connectivity index (χ3v) is 3.81. The molecule has 0 spiro atoms. The van der Waals surface area contributed by atoms with E-state index in [0.29, 0.717) is 10.5 Å². The lowest BCUT2D eigenvalue weighted by Gasteiger charge is -2.15. The number of carbonyl (C=O) groups is 1. The summed E-state index contributed by atoms with van der Waals surface area (Å²) in [6.45, 7) is 2.05. The summed E-state index contributed by atoms with van der Waals surface area (Å²) in [7, 11) is 0. The topological polar surface area (TPSA) is 55.1 Å². The number of aromatic carboxylic acids is 1. The molecule has 3 rings (SSSR count). The Balaban J connectivity index is 2.06. The summed E-state index contributed by atoms with van der Waals surface area (Å²) >= 11 is 6.03. The van der Waals surface area contributed by atoms with Gasteiger partial charge < -0.3 is 9.67 Å². The number of aromatic nitrogens is 2. The molecule has 5 heteroatoms. The van der Waals surface area contributed by atoms with E-state index in [0.717, 1.165) is 11.1 Å². The van der Waals surface area contributed by atoms with Gasteiger partial charge in [0.25, 0.3) is 0 Å². The zero-order valence-corrected chi connectivity index (χ0v) is 12.1. The minimum Gasteiger partial charge on any atom is -0.478 e. The maximum absolute atomic E-state index is 11.0. The second-order valence-corrected chi connectivity index (χ2v) is 5.33. The minimum absolute atomic E-state index is 0.0596. The number of nitrogens with zero attached hydrogens (tertiary/aromatic N) is 2. The molecule has 1 heterocycles. The highest BCUT2D eigenvalue weighted by Gasteiger charge is 2.13. The molecule has 1 atom stereocenters. The van der Waals surface area contributed by atoms with Crippen molar-refractivity contribution in [3.63, 3.8) is 0 Å². The van der Waals surface area contributed by atoms with Crippen molar-refractivity contribution in [3.8, 4) is 0 Å². The summed E-state index contributed by atoms with van der Waals surface area (Å²) in [4.78, 5) is 15.3. The number of halogens is 1. The van der Waals surface area contributed by atoms with Gasteiger partial charge in [-0.1, -0.05) is 23.7 Å². The second kappa shape index (κ2) is 5.22. The minimum atomic E-state index is -0.950. The van der Waals surface area contributed by atoms with E-state index in [9.17, 15) is 4.79 Å². The molecule has 0 bridgehead atoms. The molecule has 0 saturated heterocycles. The molecule has 2 aromatic carbocycles. The van der Waals surface area contributed by atoms with Crippen LogP contribution in [0.5, 0.6) is 0 Å². The molecule has 0 fully saturated rings. The van der Waals surface area contributed by atoms with E-state index in [2.05, 4.69) is 11.9 Å². The van der Waals surface area contributed by atoms with E-state index in [1.807, 2.05) is 28.8 Å². The zero-order chi connectivity index (χ0) is 15.0. The Morgan fingerprint density at radius 3 is 2.81 bits per heavy atom. The Labute approximate surface area is 126 Å². The Kier molecular flexibility index (Phi) is 3.39. The number of fused-ring (bicyclic) bond motifs is 1. The van der Waals surface area contributed by atoms with Crippen LogP contribution >= 0.6 is 11.6 Å². The molecule has 21 heavy (non-hydrogen) atoms. The van der Waals surface area contributed by atoms with Gasteiger partial charge in [-0.25, -0.2) is 9.78 Å². The van der Waals surface area contributed by atoms with Crippen LogP contribution in [-0.2, 0) is 0 Å². The average molecular weight is 301 g/mol. The first-order valence-corrected chi connectivity index (χ1v) is 6.89. The number of hydrogen-bond acceptors (Lipinski definition) is 2. The van der Waals surface area contributed by atoms with Gasteiger partial charge in [-0.3, -0.25) is 0 Å². The van der Waals surface area contributed by atoms with Gasteiger partial charge in [-0.2, -0.15) is 0 Å². The lowest BCUT2D eigenvalue weighted by Crippen LogP contribution is -2.05. The van der Waals surface area contributed by atoms with Crippen molar-refractivity contribution in [2.75, 3.05) is 0 Å². The predicted molar refractivity (Wildman–Crippen MR) is 82.0 cm³/mol. The largest absolute Gasteiger partial charge is 0.478 e. The van der Waals surface area contributed by atoms with Gasteiger partial charge in [-0.15, -0.1) is 0 Å². The van der Waals surface area contributed by atoms with Crippen LogP contribution in [0.1, 0.15) is 28.9 Å². The highest BCUT2D eigenvalue weighted by molar-refractivity contribution is 6.30. The predicted octanol–water partition coefficient (Wildman–Crippen LogP) is 4.00. The molecular formula is C16H13ClN2O2. The van der Waals surface area contributed by atoms with Crippen molar-refractivity contribution >= 4 is 28.6 Å². The third kappa shape index (κ3) is 2.50. The molecule has 0 saturated carbocycles. The van der Waals surface area contributed by atoms with E-state index < -0.39 is 5.97 Å². The summed E-state index contributed by atoms with van der Waals surface area (Å²) < 4.78 is 2.01. The standard InChI is InChI=1S/C16H13ClN2O2/c1-10(11-3-2-4-13(17)7-11)19-9-18-14-8-12(16(20)21)5-6-15(14)19/h2-10H,1H3,(H,20,21). The summed E-state index contributed by atoms with van der Waals surface area (Å²) in [5, 5.41) is 9.71. The molecule has 1 aromatic heterocycles. The van der Waals surface area contributed by atoms with Crippen LogP contribution in [0.2, 0.25) is 5.02 Å². The number of carboxylic acid groups (broad SMARTS) is 1. The van der Waals surface area contributed by atoms with Crippen molar-refractivity contribution in [2.45, 2.75) is 13.0 Å². The van der Waals surface area contributed by atoms with Crippen LogP contribution in [-0.4, -0.2) is 20.6 Å². The maximum Gasteiger partial charge on any atom is 0.335 e. The third-order valence-electron chi connectivity index (χ3n) is 3.57. The van der Waals surface area contributed by atoms with Gasteiger partial charge in [-0.05, 0) is 42.8 Å². The van der Waals surface area contributed by atoms with E-state index in [1.165, 1.54) is 0 Å². The van der Waals surface area contributed by atoms with Crippen LogP contribution < -0.4 is 0 Å². The average Bonchev–Trinajstić information content (AvgIpc) is 2.89. The Hall–Kier alpha value is -2.33. The molecule has 1 N–H and O–H groups in total. The zero-order valence-electron chi connectivity index (χ0n) is 11.3. The summed E-state index contributed by atoms with van der Waals surface area (Å²) in [5.41, 5.74) is 2.88. The van der Waals surface area contributed by atoms with E-state index >= 15 is 0 Å². The van der Waals surface area contributed by atoms with Crippen molar-refractivity contribution in [2.24, 2.45) is 0 Å². The summed E-state index contributed by atoms with van der Waals surface area (Å²) in [6, 6.07) is 12.7. The highest BCUT2D eigenvalue weighted by Crippen LogP contribution is 2.25. The molecule has 106 valence electrons. The van der Waals surface area contributed by atoms with E-state index in [-0.39, 0.29) is 11.6 Å². The number of carboxylic acids is 1. The van der Waals surface area contributed by atoms with Crippen molar-refractivity contribution in [1.82, 2.24) is 9.55 Å². The SMILES string of the molecule is CC(c1cccc(Cl)c1)n1cnc2cc(C(=O)O)ccc21. The fourth-order valence-corrected chi connectivity index (χ4v) is 2.60. The van der Waals surface area contributed by atoms with Crippen LogP contribution in [0.15, 0.2) is 48.8 Å². The van der Waals surface area contributed by atoms with Crippen LogP contribution in [0.4, 0.5) is 0 Å². The number of hydrogen-bond donors (Lipinski definition) is 1.